The maximum Gasteiger partial charge on any atom is 0.220 e. The molecule has 3 aliphatic rings. The van der Waals surface area contributed by atoms with Gasteiger partial charge in [-0.25, -0.2) is 4.98 Å². The van der Waals surface area contributed by atoms with Gasteiger partial charge >= 0.3 is 0 Å². The number of allylic oxidation sites excluding steroid dienone is 2. The molecule has 2 atom stereocenters. The highest BCUT2D eigenvalue weighted by atomic mass is 15.3. The normalized spacial score (nSPS) is 18.0. The van der Waals surface area contributed by atoms with Crippen LogP contribution in [-0.4, -0.2) is 15.6 Å². The Morgan fingerprint density at radius 1 is 0.561 bits per heavy atom. The van der Waals surface area contributed by atoms with Crippen LogP contribution in [0.25, 0.3) is 27.8 Å². The first-order chi connectivity index (χ1) is 20.4. The smallest absolute Gasteiger partial charge is 0.220 e. The van der Waals surface area contributed by atoms with Crippen molar-refractivity contribution in [2.24, 2.45) is 0 Å². The summed E-state index contributed by atoms with van der Waals surface area (Å²) in [5.74, 6) is 1.17. The van der Waals surface area contributed by atoms with E-state index in [1.165, 1.54) is 28.1 Å². The van der Waals surface area contributed by atoms with Gasteiger partial charge in [0.25, 0.3) is 0 Å². The van der Waals surface area contributed by atoms with Crippen molar-refractivity contribution in [3.8, 4) is 16.8 Å². The van der Waals surface area contributed by atoms with Gasteiger partial charge in [0.05, 0.1) is 28.5 Å². The fourth-order valence-corrected chi connectivity index (χ4v) is 6.91. The van der Waals surface area contributed by atoms with Gasteiger partial charge in [0.2, 0.25) is 5.95 Å². The van der Waals surface area contributed by atoms with E-state index < -0.39 is 0 Å². The zero-order valence-electron chi connectivity index (χ0n) is 22.3. The molecular weight excluding hydrogens is 500 g/mol. The van der Waals surface area contributed by atoms with Gasteiger partial charge in [0, 0.05) is 34.1 Å². The molecule has 0 N–H and O–H groups in total. The summed E-state index contributed by atoms with van der Waals surface area (Å²) in [6.45, 7) is 0. The molecule has 5 aromatic carbocycles. The molecule has 4 heteroatoms. The number of benzene rings is 5. The summed E-state index contributed by atoms with van der Waals surface area (Å²) in [6, 6.07) is 43.7. The summed E-state index contributed by atoms with van der Waals surface area (Å²) in [4.78, 5) is 10.1. The lowest BCUT2D eigenvalue weighted by molar-refractivity contribution is 0.745. The minimum absolute atomic E-state index is 0.248. The number of rotatable bonds is 2. The maximum atomic E-state index is 5.26. The largest absolute Gasteiger partial charge is 0.333 e. The first-order valence-corrected chi connectivity index (χ1v) is 14.2. The van der Waals surface area contributed by atoms with Crippen molar-refractivity contribution in [1.82, 2.24) is 9.55 Å². The van der Waals surface area contributed by atoms with Crippen LogP contribution in [0.15, 0.2) is 146 Å². The molecule has 0 spiro atoms. The highest BCUT2D eigenvalue weighted by Crippen LogP contribution is 2.52. The molecule has 41 heavy (non-hydrogen) atoms. The molecule has 6 aromatic rings. The van der Waals surface area contributed by atoms with E-state index >= 15 is 0 Å². The first-order valence-electron chi connectivity index (χ1n) is 14.2. The van der Waals surface area contributed by atoms with E-state index in [4.69, 9.17) is 4.98 Å². The predicted octanol–water partition coefficient (Wildman–Crippen LogP) is 9.21. The summed E-state index contributed by atoms with van der Waals surface area (Å²) in [5.41, 5.74) is 11.7. The Labute approximate surface area is 238 Å². The third-order valence-corrected chi connectivity index (χ3v) is 8.65. The molecule has 9 rings (SSSR count). The van der Waals surface area contributed by atoms with Crippen LogP contribution >= 0.6 is 0 Å². The van der Waals surface area contributed by atoms with E-state index in [-0.39, 0.29) is 12.0 Å². The number of aromatic nitrogens is 2. The molecule has 0 saturated carbocycles. The molecule has 1 aliphatic carbocycles. The van der Waals surface area contributed by atoms with Crippen LogP contribution in [0.3, 0.4) is 0 Å². The summed E-state index contributed by atoms with van der Waals surface area (Å²) >= 11 is 0. The molecule has 3 heterocycles. The third kappa shape index (κ3) is 3.19. The van der Waals surface area contributed by atoms with Gasteiger partial charge in [-0.15, -0.1) is 0 Å². The lowest BCUT2D eigenvalue weighted by atomic mass is 9.91. The fourth-order valence-electron chi connectivity index (χ4n) is 6.91. The van der Waals surface area contributed by atoms with Crippen LogP contribution < -0.4 is 9.80 Å². The molecule has 2 unspecified atom stereocenters. The van der Waals surface area contributed by atoms with Gasteiger partial charge in [0.15, 0.2) is 0 Å². The topological polar surface area (TPSA) is 24.3 Å². The molecule has 0 radical (unpaired) electrons. The minimum atomic E-state index is 0.248. The Morgan fingerprint density at radius 2 is 1.27 bits per heavy atom. The van der Waals surface area contributed by atoms with E-state index in [9.17, 15) is 0 Å². The van der Waals surface area contributed by atoms with Crippen molar-refractivity contribution >= 4 is 39.7 Å². The van der Waals surface area contributed by atoms with Crippen molar-refractivity contribution in [3.05, 3.63) is 151 Å². The zero-order valence-corrected chi connectivity index (χ0v) is 22.3. The maximum absolute atomic E-state index is 5.26. The molecule has 0 bridgehead atoms. The standard InChI is InChI=1S/C37H26N4/c1-2-12-25(13-3-1)39-32-18-8-6-16-29(32)30-24-26(22-23-35(30)39)40-33-19-9-4-14-27(33)28-15-5-10-20-34(28)41-36-21-11-7-17-31(36)38-37(40)41/h1-24,29,32H. The molecule has 0 saturated heterocycles. The van der Waals surface area contributed by atoms with Crippen LogP contribution in [0.5, 0.6) is 0 Å². The van der Waals surface area contributed by atoms with Gasteiger partial charge in [-0.3, -0.25) is 9.47 Å². The van der Waals surface area contributed by atoms with Gasteiger partial charge < -0.3 is 4.90 Å². The van der Waals surface area contributed by atoms with Crippen LogP contribution in [0, 0.1) is 0 Å². The van der Waals surface area contributed by atoms with Gasteiger partial charge in [0.1, 0.15) is 0 Å². The second-order valence-electron chi connectivity index (χ2n) is 10.8. The Balaban J connectivity index is 1.31. The number of para-hydroxylation sites is 5. The van der Waals surface area contributed by atoms with Crippen molar-refractivity contribution in [3.63, 3.8) is 0 Å². The van der Waals surface area contributed by atoms with Crippen LogP contribution in [0.2, 0.25) is 0 Å². The fraction of sp³-hybridized carbons (Fsp3) is 0.0541. The van der Waals surface area contributed by atoms with E-state index in [1.807, 2.05) is 0 Å². The summed E-state index contributed by atoms with van der Waals surface area (Å²) in [5, 5.41) is 0. The summed E-state index contributed by atoms with van der Waals surface area (Å²) in [7, 11) is 0. The molecule has 0 amide bonds. The van der Waals surface area contributed by atoms with Crippen molar-refractivity contribution < 1.29 is 0 Å². The number of anilines is 5. The Kier molecular flexibility index (Phi) is 4.70. The van der Waals surface area contributed by atoms with Crippen LogP contribution in [0.1, 0.15) is 11.5 Å². The first kappa shape index (κ1) is 22.5. The predicted molar refractivity (Wildman–Crippen MR) is 168 cm³/mol. The molecule has 194 valence electrons. The Hall–Kier alpha value is -5.35. The summed E-state index contributed by atoms with van der Waals surface area (Å²) < 4.78 is 2.32. The van der Waals surface area contributed by atoms with Gasteiger partial charge in [-0.05, 0) is 60.2 Å². The monoisotopic (exact) mass is 526 g/mol. The van der Waals surface area contributed by atoms with Crippen molar-refractivity contribution in [1.29, 1.82) is 0 Å². The average Bonchev–Trinajstić information content (AvgIpc) is 3.54. The second-order valence-corrected chi connectivity index (χ2v) is 10.8. The van der Waals surface area contributed by atoms with Crippen LogP contribution in [-0.2, 0) is 0 Å². The van der Waals surface area contributed by atoms with Crippen molar-refractivity contribution in [2.45, 2.75) is 12.0 Å². The zero-order chi connectivity index (χ0) is 26.9. The SMILES string of the molecule is C1=CC2c3cc(N4c5ccccc5-c5ccccc5-n5c4nc4ccccc45)ccc3N(c3ccccc3)C2C=C1. The number of imidazole rings is 1. The molecular formula is C37H26N4. The lowest BCUT2D eigenvalue weighted by Crippen LogP contribution is -2.28. The van der Waals surface area contributed by atoms with E-state index in [1.54, 1.807) is 0 Å². The number of fused-ring (bicyclic) bond motifs is 10. The van der Waals surface area contributed by atoms with E-state index in [2.05, 4.69) is 160 Å². The minimum Gasteiger partial charge on any atom is -0.333 e. The average molecular weight is 527 g/mol. The Bertz CT molecular complexity index is 2030. The molecule has 4 nitrogen and oxygen atoms in total. The Morgan fingerprint density at radius 3 is 2.15 bits per heavy atom. The highest BCUT2D eigenvalue weighted by Gasteiger charge is 2.38. The van der Waals surface area contributed by atoms with Gasteiger partial charge in [-0.1, -0.05) is 91.0 Å². The van der Waals surface area contributed by atoms with E-state index in [0.29, 0.717) is 0 Å². The van der Waals surface area contributed by atoms with Crippen molar-refractivity contribution in [2.75, 3.05) is 9.80 Å². The molecule has 1 aromatic heterocycles. The lowest BCUT2D eigenvalue weighted by Gasteiger charge is -2.28. The number of hydrogen-bond donors (Lipinski definition) is 0. The quantitative estimate of drug-likeness (QED) is 0.224. The highest BCUT2D eigenvalue weighted by molar-refractivity contribution is 5.96. The van der Waals surface area contributed by atoms with Gasteiger partial charge in [-0.2, -0.15) is 0 Å². The second kappa shape index (κ2) is 8.57. The molecule has 2 aliphatic heterocycles. The summed E-state index contributed by atoms with van der Waals surface area (Å²) in [6.07, 6.45) is 9.03. The third-order valence-electron chi connectivity index (χ3n) is 8.65. The van der Waals surface area contributed by atoms with E-state index in [0.717, 1.165) is 34.0 Å². The number of hydrogen-bond acceptors (Lipinski definition) is 3. The molecule has 0 fully saturated rings. The van der Waals surface area contributed by atoms with Crippen LogP contribution in [0.4, 0.5) is 28.7 Å². The number of nitrogens with zero attached hydrogens (tertiary/aromatic N) is 4.